The van der Waals surface area contributed by atoms with E-state index in [1.165, 1.54) is 10.4 Å². The number of carbonyl (C=O) groups is 1. The van der Waals surface area contributed by atoms with Crippen molar-refractivity contribution in [3.05, 3.63) is 16.5 Å². The van der Waals surface area contributed by atoms with Crippen LogP contribution in [0.4, 0.5) is 0 Å². The van der Waals surface area contributed by atoms with E-state index in [9.17, 15) is 18.3 Å². The lowest BCUT2D eigenvalue weighted by molar-refractivity contribution is 0.0701. The zero-order valence-electron chi connectivity index (χ0n) is 11.2. The molecule has 2 unspecified atom stereocenters. The van der Waals surface area contributed by atoms with Crippen LogP contribution in [0, 0.1) is 12.8 Å². The van der Waals surface area contributed by atoms with Gasteiger partial charge in [-0.25, -0.2) is 13.2 Å². The first-order chi connectivity index (χ1) is 9.23. The Morgan fingerprint density at radius 1 is 1.55 bits per heavy atom. The van der Waals surface area contributed by atoms with E-state index in [0.717, 1.165) is 11.3 Å². The molecule has 1 aliphatic heterocycles. The smallest absolute Gasteiger partial charge is 0.346 e. The number of aliphatic hydroxyl groups is 1. The molecule has 8 heteroatoms. The fourth-order valence-electron chi connectivity index (χ4n) is 2.29. The quantitative estimate of drug-likeness (QED) is 0.868. The summed E-state index contributed by atoms with van der Waals surface area (Å²) < 4.78 is 26.3. The van der Waals surface area contributed by atoms with Gasteiger partial charge in [-0.15, -0.1) is 11.3 Å². The number of carboxylic acid groups (broad SMARTS) is 1. The summed E-state index contributed by atoms with van der Waals surface area (Å²) in [5.41, 5.74) is 0.451. The average molecular weight is 319 g/mol. The molecule has 1 fully saturated rings. The Balaban J connectivity index is 2.28. The number of nitrogens with zero attached hydrogens (tertiary/aromatic N) is 1. The van der Waals surface area contributed by atoms with Gasteiger partial charge in [-0.3, -0.25) is 0 Å². The fraction of sp³-hybridized carbons (Fsp3) is 0.583. The second-order valence-electron chi connectivity index (χ2n) is 5.04. The van der Waals surface area contributed by atoms with E-state index in [2.05, 4.69) is 0 Å². The van der Waals surface area contributed by atoms with Crippen molar-refractivity contribution in [2.45, 2.75) is 30.6 Å². The summed E-state index contributed by atoms with van der Waals surface area (Å²) in [4.78, 5) is 11.0. The Morgan fingerprint density at radius 2 is 2.20 bits per heavy atom. The van der Waals surface area contributed by atoms with Gasteiger partial charge in [0.05, 0.1) is 6.10 Å². The highest BCUT2D eigenvalue weighted by Crippen LogP contribution is 2.32. The van der Waals surface area contributed by atoms with Gasteiger partial charge in [0, 0.05) is 13.1 Å². The number of hydrogen-bond donors (Lipinski definition) is 2. The second-order valence-corrected chi connectivity index (χ2v) is 8.25. The van der Waals surface area contributed by atoms with Crippen LogP contribution in [0.5, 0.6) is 0 Å². The molecule has 0 spiro atoms. The predicted molar refractivity (Wildman–Crippen MR) is 74.6 cm³/mol. The van der Waals surface area contributed by atoms with Crippen molar-refractivity contribution >= 4 is 27.3 Å². The molecule has 1 aliphatic rings. The maximum atomic E-state index is 12.5. The molecule has 112 valence electrons. The van der Waals surface area contributed by atoms with Gasteiger partial charge in [0.2, 0.25) is 0 Å². The van der Waals surface area contributed by atoms with Gasteiger partial charge in [-0.1, -0.05) is 0 Å². The Morgan fingerprint density at radius 3 is 2.65 bits per heavy atom. The van der Waals surface area contributed by atoms with Gasteiger partial charge in [0.1, 0.15) is 9.09 Å². The maximum absolute atomic E-state index is 12.5. The molecule has 0 aromatic carbocycles. The van der Waals surface area contributed by atoms with Gasteiger partial charge >= 0.3 is 5.97 Å². The molecule has 6 nitrogen and oxygen atoms in total. The van der Waals surface area contributed by atoms with E-state index in [0.29, 0.717) is 18.5 Å². The number of aryl methyl sites for hydroxylation is 1. The number of sulfonamides is 1. The lowest BCUT2D eigenvalue weighted by Gasteiger charge is -2.16. The van der Waals surface area contributed by atoms with Crippen LogP contribution < -0.4 is 0 Å². The van der Waals surface area contributed by atoms with Crippen LogP contribution in [-0.2, 0) is 10.0 Å². The van der Waals surface area contributed by atoms with E-state index in [1.807, 2.05) is 0 Å². The Hall–Kier alpha value is -0.960. The SMILES string of the molecule is Cc1cc(S(=O)(=O)N2CCC(C(C)O)C2)sc1C(=O)O. The Bertz CT molecular complexity index is 620. The van der Waals surface area contributed by atoms with Gasteiger partial charge in [-0.05, 0) is 37.8 Å². The molecule has 0 radical (unpaired) electrons. The molecule has 20 heavy (non-hydrogen) atoms. The van der Waals surface area contributed by atoms with Crippen LogP contribution >= 0.6 is 11.3 Å². The monoisotopic (exact) mass is 319 g/mol. The van der Waals surface area contributed by atoms with Crippen molar-refractivity contribution in [1.82, 2.24) is 4.31 Å². The summed E-state index contributed by atoms with van der Waals surface area (Å²) in [6.07, 6.45) is 0.0717. The summed E-state index contributed by atoms with van der Waals surface area (Å²) in [7, 11) is -3.66. The first-order valence-electron chi connectivity index (χ1n) is 6.25. The molecule has 1 aromatic heterocycles. The van der Waals surface area contributed by atoms with Crippen LogP contribution in [0.1, 0.15) is 28.6 Å². The highest BCUT2D eigenvalue weighted by molar-refractivity contribution is 7.91. The number of carboxylic acids is 1. The molecule has 0 amide bonds. The molecule has 2 rings (SSSR count). The van der Waals surface area contributed by atoms with Crippen LogP contribution in [0.3, 0.4) is 0 Å². The van der Waals surface area contributed by atoms with Crippen molar-refractivity contribution in [3.63, 3.8) is 0 Å². The average Bonchev–Trinajstić information content (AvgIpc) is 2.94. The standard InChI is InChI=1S/C12H17NO5S2/c1-7-5-10(19-11(7)12(15)16)20(17,18)13-4-3-9(6-13)8(2)14/h5,8-9,14H,3-4,6H2,1-2H3,(H,15,16). The van der Waals surface area contributed by atoms with E-state index < -0.39 is 22.1 Å². The number of hydrogen-bond acceptors (Lipinski definition) is 5. The molecule has 2 N–H and O–H groups in total. The first-order valence-corrected chi connectivity index (χ1v) is 8.51. The summed E-state index contributed by atoms with van der Waals surface area (Å²) in [5.74, 6) is -1.18. The van der Waals surface area contributed by atoms with Gasteiger partial charge in [-0.2, -0.15) is 4.31 Å². The van der Waals surface area contributed by atoms with Crippen LogP contribution in [0.2, 0.25) is 0 Å². The van der Waals surface area contributed by atoms with Crippen molar-refractivity contribution in [1.29, 1.82) is 0 Å². The predicted octanol–water partition coefficient (Wildman–Crippen LogP) is 1.15. The minimum Gasteiger partial charge on any atom is -0.477 e. The van der Waals surface area contributed by atoms with E-state index >= 15 is 0 Å². The topological polar surface area (TPSA) is 94.9 Å². The van der Waals surface area contributed by atoms with Gasteiger partial charge in [0.25, 0.3) is 10.0 Å². The fourth-order valence-corrected chi connectivity index (χ4v) is 5.33. The molecule has 2 heterocycles. The molecule has 1 aromatic rings. The number of thiophene rings is 1. The third-order valence-corrected chi connectivity index (χ3v) is 7.09. The first kappa shape index (κ1) is 15.4. The summed E-state index contributed by atoms with van der Waals surface area (Å²) >= 11 is 0.779. The van der Waals surface area contributed by atoms with Crippen LogP contribution in [0.15, 0.2) is 10.3 Å². The highest BCUT2D eigenvalue weighted by atomic mass is 32.2. The molecular formula is C12H17NO5S2. The van der Waals surface area contributed by atoms with E-state index in [4.69, 9.17) is 5.11 Å². The Labute approximate surface area is 121 Å². The molecule has 2 atom stereocenters. The molecule has 0 bridgehead atoms. The van der Waals surface area contributed by atoms with Gasteiger partial charge in [0.15, 0.2) is 0 Å². The lowest BCUT2D eigenvalue weighted by Crippen LogP contribution is -2.30. The van der Waals surface area contributed by atoms with Crippen LogP contribution in [-0.4, -0.2) is 48.1 Å². The molecular weight excluding hydrogens is 302 g/mol. The van der Waals surface area contributed by atoms with E-state index in [-0.39, 0.29) is 21.5 Å². The summed E-state index contributed by atoms with van der Waals surface area (Å²) in [5, 5.41) is 18.5. The number of aromatic carboxylic acids is 1. The van der Waals surface area contributed by atoms with Crippen molar-refractivity contribution in [3.8, 4) is 0 Å². The van der Waals surface area contributed by atoms with Crippen molar-refractivity contribution < 1.29 is 23.4 Å². The van der Waals surface area contributed by atoms with Crippen LogP contribution in [0.25, 0.3) is 0 Å². The third-order valence-electron chi connectivity index (χ3n) is 3.55. The third kappa shape index (κ3) is 2.73. The van der Waals surface area contributed by atoms with Crippen molar-refractivity contribution in [2.75, 3.05) is 13.1 Å². The molecule has 0 saturated carbocycles. The number of rotatable bonds is 4. The maximum Gasteiger partial charge on any atom is 0.346 e. The van der Waals surface area contributed by atoms with Gasteiger partial charge < -0.3 is 10.2 Å². The minimum atomic E-state index is -3.66. The summed E-state index contributed by atoms with van der Waals surface area (Å²) in [6, 6.07) is 1.40. The Kier molecular flexibility index (Phi) is 4.19. The molecule has 0 aliphatic carbocycles. The minimum absolute atomic E-state index is 0.0508. The number of aliphatic hydroxyl groups excluding tert-OH is 1. The van der Waals surface area contributed by atoms with E-state index in [1.54, 1.807) is 13.8 Å². The zero-order valence-corrected chi connectivity index (χ0v) is 12.9. The molecule has 1 saturated heterocycles. The highest BCUT2D eigenvalue weighted by Gasteiger charge is 2.35. The largest absolute Gasteiger partial charge is 0.477 e. The normalized spacial score (nSPS) is 22.1. The summed E-state index contributed by atoms with van der Waals surface area (Å²) in [6.45, 7) is 3.87. The zero-order chi connectivity index (χ0) is 15.1. The van der Waals surface area contributed by atoms with Crippen molar-refractivity contribution in [2.24, 2.45) is 5.92 Å². The second kappa shape index (κ2) is 5.44. The lowest BCUT2D eigenvalue weighted by atomic mass is 10.0.